The highest BCUT2D eigenvalue weighted by atomic mass is 79.9. The first-order chi connectivity index (χ1) is 12.0. The predicted molar refractivity (Wildman–Crippen MR) is 104 cm³/mol. The van der Waals surface area contributed by atoms with Crippen LogP contribution >= 0.6 is 27.7 Å². The molecule has 0 saturated carbocycles. The molecule has 0 saturated heterocycles. The molecular weight excluding hydrogens is 400 g/mol. The van der Waals surface area contributed by atoms with Crippen molar-refractivity contribution in [3.05, 3.63) is 64.4 Å². The van der Waals surface area contributed by atoms with Crippen molar-refractivity contribution >= 4 is 39.3 Å². The third-order valence-electron chi connectivity index (χ3n) is 3.68. The normalized spacial score (nSPS) is 10.7. The van der Waals surface area contributed by atoms with Gasteiger partial charge in [-0.25, -0.2) is 9.67 Å². The first kappa shape index (κ1) is 17.7. The fourth-order valence-corrected chi connectivity index (χ4v) is 3.37. The molecule has 3 aromatic rings. The Bertz CT molecular complexity index is 895. The molecule has 1 aromatic heterocycles. The van der Waals surface area contributed by atoms with Crippen molar-refractivity contribution < 1.29 is 4.79 Å². The number of hydrogen-bond donors (Lipinski definition) is 1. The quantitative estimate of drug-likeness (QED) is 0.626. The van der Waals surface area contributed by atoms with Crippen molar-refractivity contribution in [1.29, 1.82) is 0 Å². The van der Waals surface area contributed by atoms with E-state index in [9.17, 15) is 4.79 Å². The Morgan fingerprint density at radius 2 is 1.92 bits per heavy atom. The lowest BCUT2D eigenvalue weighted by Gasteiger charge is -2.09. The molecule has 128 valence electrons. The van der Waals surface area contributed by atoms with E-state index in [1.54, 1.807) is 11.0 Å². The van der Waals surface area contributed by atoms with Gasteiger partial charge >= 0.3 is 0 Å². The number of anilines is 1. The second kappa shape index (κ2) is 7.84. The third kappa shape index (κ3) is 4.49. The summed E-state index contributed by atoms with van der Waals surface area (Å²) in [7, 11) is 0. The first-order valence-electron chi connectivity index (χ1n) is 7.69. The summed E-state index contributed by atoms with van der Waals surface area (Å²) >= 11 is 4.79. The molecule has 1 heterocycles. The fourth-order valence-electron chi connectivity index (χ4n) is 2.21. The van der Waals surface area contributed by atoms with Crippen molar-refractivity contribution in [3.63, 3.8) is 0 Å². The number of para-hydroxylation sites is 1. The summed E-state index contributed by atoms with van der Waals surface area (Å²) < 4.78 is 2.57. The third-order valence-corrected chi connectivity index (χ3v) is 5.19. The highest BCUT2D eigenvalue weighted by molar-refractivity contribution is 9.10. The topological polar surface area (TPSA) is 59.8 Å². The summed E-state index contributed by atoms with van der Waals surface area (Å²) in [6.07, 6.45) is 1.65. The number of nitrogens with zero attached hydrogens (tertiary/aromatic N) is 3. The second-order valence-corrected chi connectivity index (χ2v) is 7.36. The number of hydrogen-bond acceptors (Lipinski definition) is 4. The van der Waals surface area contributed by atoms with E-state index in [-0.39, 0.29) is 11.7 Å². The van der Waals surface area contributed by atoms with Crippen molar-refractivity contribution in [3.8, 4) is 5.69 Å². The second-order valence-electron chi connectivity index (χ2n) is 5.56. The fraction of sp³-hybridized carbons (Fsp3) is 0.167. The zero-order valence-electron chi connectivity index (χ0n) is 13.9. The number of aromatic nitrogens is 3. The molecule has 1 N–H and O–H groups in total. The van der Waals surface area contributed by atoms with Gasteiger partial charge in [-0.1, -0.05) is 30.0 Å². The summed E-state index contributed by atoms with van der Waals surface area (Å²) in [5.74, 6) is 0.156. The monoisotopic (exact) mass is 416 g/mol. The van der Waals surface area contributed by atoms with Crippen LogP contribution in [0.25, 0.3) is 5.69 Å². The SMILES string of the molecule is Cc1cc(Br)c(NC(=O)CSc2ncn(-c3ccccc3)n2)cc1C. The van der Waals surface area contributed by atoms with E-state index in [0.717, 1.165) is 21.4 Å². The summed E-state index contributed by atoms with van der Waals surface area (Å²) in [4.78, 5) is 16.4. The number of nitrogens with one attached hydrogen (secondary N) is 1. The lowest BCUT2D eigenvalue weighted by Crippen LogP contribution is -2.14. The maximum Gasteiger partial charge on any atom is 0.234 e. The van der Waals surface area contributed by atoms with Crippen LogP contribution < -0.4 is 5.32 Å². The van der Waals surface area contributed by atoms with Gasteiger partial charge in [-0.2, -0.15) is 0 Å². The highest BCUT2D eigenvalue weighted by Crippen LogP contribution is 2.26. The average Bonchev–Trinajstić information content (AvgIpc) is 3.08. The number of rotatable bonds is 5. The minimum absolute atomic E-state index is 0.0926. The highest BCUT2D eigenvalue weighted by Gasteiger charge is 2.10. The van der Waals surface area contributed by atoms with Gasteiger partial charge in [0.1, 0.15) is 6.33 Å². The molecule has 0 unspecified atom stereocenters. The van der Waals surface area contributed by atoms with Crippen LogP contribution in [-0.4, -0.2) is 26.4 Å². The molecule has 0 aliphatic rings. The van der Waals surface area contributed by atoms with Gasteiger partial charge in [0, 0.05) is 4.47 Å². The van der Waals surface area contributed by atoms with Crippen LogP contribution in [0.2, 0.25) is 0 Å². The van der Waals surface area contributed by atoms with Crippen LogP contribution in [0.4, 0.5) is 5.69 Å². The number of benzene rings is 2. The van der Waals surface area contributed by atoms with Gasteiger partial charge in [0.25, 0.3) is 0 Å². The summed E-state index contributed by atoms with van der Waals surface area (Å²) in [5, 5.41) is 7.87. The number of thioether (sulfide) groups is 1. The molecule has 0 bridgehead atoms. The Morgan fingerprint density at radius 1 is 1.20 bits per heavy atom. The molecule has 2 aromatic carbocycles. The number of carbonyl (C=O) groups is 1. The average molecular weight is 417 g/mol. The minimum Gasteiger partial charge on any atom is -0.324 e. The van der Waals surface area contributed by atoms with Crippen molar-refractivity contribution in [2.75, 3.05) is 11.1 Å². The number of amides is 1. The summed E-state index contributed by atoms with van der Waals surface area (Å²) in [5.41, 5.74) is 4.02. The molecule has 0 fully saturated rings. The van der Waals surface area contributed by atoms with Crippen LogP contribution in [0, 0.1) is 13.8 Å². The Kier molecular flexibility index (Phi) is 5.55. The zero-order valence-corrected chi connectivity index (χ0v) is 16.3. The van der Waals surface area contributed by atoms with Gasteiger partial charge in [-0.3, -0.25) is 4.79 Å². The number of aryl methyl sites for hydroxylation is 2. The van der Waals surface area contributed by atoms with Crippen LogP contribution in [0.1, 0.15) is 11.1 Å². The van der Waals surface area contributed by atoms with Gasteiger partial charge in [0.15, 0.2) is 0 Å². The van der Waals surface area contributed by atoms with E-state index in [1.807, 2.05) is 56.3 Å². The molecule has 0 aliphatic heterocycles. The summed E-state index contributed by atoms with van der Waals surface area (Å²) in [6.45, 7) is 4.06. The Labute approximate surface area is 159 Å². The number of halogens is 1. The van der Waals surface area contributed by atoms with Crippen LogP contribution in [0.3, 0.4) is 0 Å². The van der Waals surface area contributed by atoms with E-state index in [4.69, 9.17) is 0 Å². The van der Waals surface area contributed by atoms with Crippen LogP contribution in [0.5, 0.6) is 0 Å². The lowest BCUT2D eigenvalue weighted by molar-refractivity contribution is -0.113. The minimum atomic E-state index is -0.0926. The van der Waals surface area contributed by atoms with Crippen LogP contribution in [-0.2, 0) is 4.79 Å². The molecule has 1 amide bonds. The first-order valence-corrected chi connectivity index (χ1v) is 9.47. The zero-order chi connectivity index (χ0) is 17.8. The Balaban J connectivity index is 1.60. The Hall–Kier alpha value is -2.12. The molecular formula is C18H17BrN4OS. The van der Waals surface area contributed by atoms with Gasteiger partial charge < -0.3 is 5.32 Å². The molecule has 0 spiro atoms. The van der Waals surface area contributed by atoms with E-state index in [1.165, 1.54) is 17.3 Å². The lowest BCUT2D eigenvalue weighted by atomic mass is 10.1. The van der Waals surface area contributed by atoms with Gasteiger partial charge in [-0.05, 0) is 65.2 Å². The van der Waals surface area contributed by atoms with Gasteiger partial charge in [0.2, 0.25) is 11.1 Å². The maximum absolute atomic E-state index is 12.2. The molecule has 25 heavy (non-hydrogen) atoms. The molecule has 5 nitrogen and oxygen atoms in total. The van der Waals surface area contributed by atoms with Crippen molar-refractivity contribution in [2.24, 2.45) is 0 Å². The number of carbonyl (C=O) groups excluding carboxylic acids is 1. The molecule has 0 radical (unpaired) electrons. The van der Waals surface area contributed by atoms with Crippen LogP contribution in [0.15, 0.2) is 58.4 Å². The molecule has 0 aliphatic carbocycles. The Morgan fingerprint density at radius 3 is 2.68 bits per heavy atom. The van der Waals surface area contributed by atoms with Crippen molar-refractivity contribution in [1.82, 2.24) is 14.8 Å². The molecule has 7 heteroatoms. The van der Waals surface area contributed by atoms with Gasteiger partial charge in [-0.15, -0.1) is 5.10 Å². The van der Waals surface area contributed by atoms with E-state index in [0.29, 0.717) is 5.16 Å². The van der Waals surface area contributed by atoms with E-state index >= 15 is 0 Å². The van der Waals surface area contributed by atoms with E-state index < -0.39 is 0 Å². The predicted octanol–water partition coefficient (Wildman–Crippen LogP) is 4.38. The standard InChI is InChI=1S/C18H17BrN4OS/c1-12-8-15(19)16(9-13(12)2)21-17(24)10-25-18-20-11-23(22-18)14-6-4-3-5-7-14/h3-9,11H,10H2,1-2H3,(H,21,24). The molecule has 3 rings (SSSR count). The molecule has 0 atom stereocenters. The summed E-state index contributed by atoms with van der Waals surface area (Å²) in [6, 6.07) is 13.7. The van der Waals surface area contributed by atoms with Gasteiger partial charge in [0.05, 0.1) is 17.1 Å². The van der Waals surface area contributed by atoms with Crippen molar-refractivity contribution in [2.45, 2.75) is 19.0 Å². The maximum atomic E-state index is 12.2. The largest absolute Gasteiger partial charge is 0.324 e. The van der Waals surface area contributed by atoms with E-state index in [2.05, 4.69) is 31.3 Å². The smallest absolute Gasteiger partial charge is 0.234 e.